The number of aliphatic hydroxyl groups is 1. The molecule has 2 nitrogen and oxygen atoms in total. The van der Waals surface area contributed by atoms with E-state index < -0.39 is 6.10 Å². The van der Waals surface area contributed by atoms with Crippen molar-refractivity contribution in [2.75, 3.05) is 0 Å². The lowest BCUT2D eigenvalue weighted by Gasteiger charge is -2.13. The average molecular weight is 296 g/mol. The van der Waals surface area contributed by atoms with Crippen LogP contribution in [0.5, 0.6) is 0 Å². The molecule has 0 spiro atoms. The summed E-state index contributed by atoms with van der Waals surface area (Å²) in [5, 5.41) is 11.5. The van der Waals surface area contributed by atoms with E-state index in [-0.39, 0.29) is 0 Å². The van der Waals surface area contributed by atoms with Crippen LogP contribution < -0.4 is 0 Å². The molecule has 0 aliphatic rings. The monoisotopic (exact) mass is 295 g/mol. The van der Waals surface area contributed by atoms with Gasteiger partial charge < -0.3 is 5.11 Å². The van der Waals surface area contributed by atoms with Gasteiger partial charge in [0.2, 0.25) is 0 Å². The molecule has 1 atom stereocenters. The highest BCUT2D eigenvalue weighted by Crippen LogP contribution is 2.26. The maximum atomic E-state index is 10.3. The van der Waals surface area contributed by atoms with Crippen LogP contribution in [0, 0.1) is 13.8 Å². The average Bonchev–Trinajstić information content (AvgIpc) is 2.31. The molecule has 4 heteroatoms. The Balaban J connectivity index is 2.22. The SMILES string of the molecule is Cc1cc(C(O)Cc2ccc(Cl)cc2Cl)cc(C)n1. The summed E-state index contributed by atoms with van der Waals surface area (Å²) < 4.78 is 0. The molecule has 19 heavy (non-hydrogen) atoms. The van der Waals surface area contributed by atoms with Crippen LogP contribution in [0.15, 0.2) is 30.3 Å². The Morgan fingerprint density at radius 3 is 2.32 bits per heavy atom. The van der Waals surface area contributed by atoms with E-state index in [1.807, 2.05) is 32.0 Å². The smallest absolute Gasteiger partial charge is 0.0832 e. The highest BCUT2D eigenvalue weighted by Gasteiger charge is 2.12. The number of nitrogens with zero attached hydrogens (tertiary/aromatic N) is 1. The largest absolute Gasteiger partial charge is 0.388 e. The quantitative estimate of drug-likeness (QED) is 0.917. The fourth-order valence-corrected chi connectivity index (χ4v) is 2.56. The summed E-state index contributed by atoms with van der Waals surface area (Å²) in [6.07, 6.45) is -0.141. The van der Waals surface area contributed by atoms with E-state index in [2.05, 4.69) is 4.98 Å². The van der Waals surface area contributed by atoms with Crippen molar-refractivity contribution in [3.05, 3.63) is 62.9 Å². The number of rotatable bonds is 3. The van der Waals surface area contributed by atoms with Gasteiger partial charge in [0.25, 0.3) is 0 Å². The van der Waals surface area contributed by atoms with Crippen LogP contribution in [0.2, 0.25) is 10.0 Å². The van der Waals surface area contributed by atoms with Crippen LogP contribution in [-0.4, -0.2) is 10.1 Å². The molecule has 0 fully saturated rings. The molecule has 0 aliphatic heterocycles. The van der Waals surface area contributed by atoms with Gasteiger partial charge in [-0.05, 0) is 49.2 Å². The summed E-state index contributed by atoms with van der Waals surface area (Å²) in [5.74, 6) is 0. The lowest BCUT2D eigenvalue weighted by Crippen LogP contribution is -2.04. The molecule has 1 aromatic heterocycles. The Hall–Kier alpha value is -1.09. The minimum absolute atomic E-state index is 0.457. The van der Waals surface area contributed by atoms with Crippen LogP contribution in [0.4, 0.5) is 0 Å². The summed E-state index contributed by atoms with van der Waals surface area (Å²) in [4.78, 5) is 4.30. The zero-order valence-electron chi connectivity index (χ0n) is 10.8. The molecule has 1 aromatic carbocycles. The van der Waals surface area contributed by atoms with Gasteiger partial charge in [0.1, 0.15) is 0 Å². The fourth-order valence-electron chi connectivity index (χ4n) is 2.07. The van der Waals surface area contributed by atoms with E-state index in [0.29, 0.717) is 16.5 Å². The van der Waals surface area contributed by atoms with Gasteiger partial charge in [0.05, 0.1) is 6.10 Å². The minimum atomic E-state index is -0.598. The van der Waals surface area contributed by atoms with Crippen molar-refractivity contribution in [2.24, 2.45) is 0 Å². The molecule has 100 valence electrons. The van der Waals surface area contributed by atoms with Gasteiger partial charge >= 0.3 is 0 Å². The summed E-state index contributed by atoms with van der Waals surface area (Å²) >= 11 is 12.0. The maximum Gasteiger partial charge on any atom is 0.0832 e. The van der Waals surface area contributed by atoms with E-state index in [4.69, 9.17) is 23.2 Å². The number of aromatic nitrogens is 1. The van der Waals surface area contributed by atoms with Crippen LogP contribution in [0.25, 0.3) is 0 Å². The second-order valence-electron chi connectivity index (χ2n) is 4.64. The summed E-state index contributed by atoms with van der Waals surface area (Å²) in [6, 6.07) is 9.09. The predicted octanol–water partition coefficient (Wildman–Crippen LogP) is 4.28. The van der Waals surface area contributed by atoms with Crippen LogP contribution >= 0.6 is 23.2 Å². The Morgan fingerprint density at radius 2 is 1.74 bits per heavy atom. The first kappa shape index (κ1) is 14.3. The van der Waals surface area contributed by atoms with Crippen LogP contribution in [0.3, 0.4) is 0 Å². The fraction of sp³-hybridized carbons (Fsp3) is 0.267. The van der Waals surface area contributed by atoms with Gasteiger partial charge in [0.15, 0.2) is 0 Å². The second-order valence-corrected chi connectivity index (χ2v) is 5.48. The third-order valence-electron chi connectivity index (χ3n) is 2.92. The number of pyridine rings is 1. The van der Waals surface area contributed by atoms with Gasteiger partial charge in [-0.15, -0.1) is 0 Å². The first-order valence-corrected chi connectivity index (χ1v) is 6.78. The van der Waals surface area contributed by atoms with Crippen molar-refractivity contribution >= 4 is 23.2 Å². The van der Waals surface area contributed by atoms with Crippen molar-refractivity contribution in [2.45, 2.75) is 26.4 Å². The molecular weight excluding hydrogens is 281 g/mol. The summed E-state index contributed by atoms with van der Waals surface area (Å²) in [6.45, 7) is 3.83. The van der Waals surface area contributed by atoms with Crippen molar-refractivity contribution in [1.82, 2.24) is 4.98 Å². The first-order valence-electron chi connectivity index (χ1n) is 6.03. The van der Waals surface area contributed by atoms with E-state index in [9.17, 15) is 5.11 Å². The first-order chi connectivity index (χ1) is 8.95. The molecule has 0 aliphatic carbocycles. The molecule has 0 saturated carbocycles. The predicted molar refractivity (Wildman–Crippen MR) is 78.8 cm³/mol. The Labute approximate surface area is 123 Å². The Morgan fingerprint density at radius 1 is 1.11 bits per heavy atom. The summed E-state index contributed by atoms with van der Waals surface area (Å²) in [7, 11) is 0. The van der Waals surface area contributed by atoms with Gasteiger partial charge in [-0.1, -0.05) is 29.3 Å². The number of benzene rings is 1. The summed E-state index contributed by atoms with van der Waals surface area (Å²) in [5.41, 5.74) is 3.54. The van der Waals surface area contributed by atoms with E-state index in [0.717, 1.165) is 22.5 Å². The standard InChI is InChI=1S/C15H15Cl2NO/c1-9-5-12(6-10(2)18-9)15(19)7-11-3-4-13(16)8-14(11)17/h3-6,8,15,19H,7H2,1-2H3. The molecule has 0 amide bonds. The molecule has 2 aromatic rings. The number of hydrogen-bond acceptors (Lipinski definition) is 2. The third kappa shape index (κ3) is 3.69. The van der Waals surface area contributed by atoms with Crippen molar-refractivity contribution < 1.29 is 5.11 Å². The molecule has 1 heterocycles. The van der Waals surface area contributed by atoms with Gasteiger partial charge in [0, 0.05) is 27.9 Å². The van der Waals surface area contributed by atoms with Crippen LogP contribution in [0.1, 0.15) is 28.6 Å². The van der Waals surface area contributed by atoms with E-state index in [1.165, 1.54) is 0 Å². The van der Waals surface area contributed by atoms with Gasteiger partial charge in [-0.25, -0.2) is 0 Å². The Kier molecular flexibility index (Phi) is 4.46. The van der Waals surface area contributed by atoms with E-state index in [1.54, 1.807) is 12.1 Å². The second kappa shape index (κ2) is 5.91. The highest BCUT2D eigenvalue weighted by atomic mass is 35.5. The zero-order valence-corrected chi connectivity index (χ0v) is 12.3. The normalized spacial score (nSPS) is 12.5. The molecular formula is C15H15Cl2NO. The lowest BCUT2D eigenvalue weighted by molar-refractivity contribution is 0.178. The van der Waals surface area contributed by atoms with Crippen molar-refractivity contribution in [3.63, 3.8) is 0 Å². The maximum absolute atomic E-state index is 10.3. The number of aliphatic hydroxyl groups excluding tert-OH is 1. The number of aryl methyl sites for hydroxylation is 2. The van der Waals surface area contributed by atoms with E-state index >= 15 is 0 Å². The molecule has 0 radical (unpaired) electrons. The molecule has 2 rings (SSSR count). The minimum Gasteiger partial charge on any atom is -0.388 e. The molecule has 0 bridgehead atoms. The lowest BCUT2D eigenvalue weighted by atomic mass is 10.0. The molecule has 0 saturated heterocycles. The molecule has 1 N–H and O–H groups in total. The third-order valence-corrected chi connectivity index (χ3v) is 3.50. The topological polar surface area (TPSA) is 33.1 Å². The Bertz CT molecular complexity index is 578. The van der Waals surface area contributed by atoms with Crippen molar-refractivity contribution in [3.8, 4) is 0 Å². The number of halogens is 2. The molecule has 1 unspecified atom stereocenters. The van der Waals surface area contributed by atoms with Gasteiger partial charge in [-0.3, -0.25) is 4.98 Å². The van der Waals surface area contributed by atoms with Gasteiger partial charge in [-0.2, -0.15) is 0 Å². The highest BCUT2D eigenvalue weighted by molar-refractivity contribution is 6.35. The van der Waals surface area contributed by atoms with Crippen LogP contribution in [-0.2, 0) is 6.42 Å². The zero-order chi connectivity index (χ0) is 14.0. The van der Waals surface area contributed by atoms with Crippen molar-refractivity contribution in [1.29, 1.82) is 0 Å². The number of hydrogen-bond donors (Lipinski definition) is 1.